The number of fused-ring (bicyclic) bond motifs is 1. The van der Waals surface area contributed by atoms with Crippen molar-refractivity contribution in [3.05, 3.63) is 35.4 Å². The summed E-state index contributed by atoms with van der Waals surface area (Å²) in [7, 11) is 1.29. The van der Waals surface area contributed by atoms with Crippen molar-refractivity contribution in [2.24, 2.45) is 0 Å². The van der Waals surface area contributed by atoms with Crippen molar-refractivity contribution in [2.45, 2.75) is 30.6 Å². The van der Waals surface area contributed by atoms with Gasteiger partial charge >= 0.3 is 0 Å². The van der Waals surface area contributed by atoms with Gasteiger partial charge in [-0.2, -0.15) is 0 Å². The van der Waals surface area contributed by atoms with Crippen LogP contribution in [-0.4, -0.2) is 76.4 Å². The zero-order chi connectivity index (χ0) is 16.7. The highest BCUT2D eigenvalue weighted by atomic mass is 16.7. The highest BCUT2D eigenvalue weighted by Crippen LogP contribution is 2.32. The van der Waals surface area contributed by atoms with E-state index >= 15 is 0 Å². The van der Waals surface area contributed by atoms with Gasteiger partial charge in [0, 0.05) is 7.11 Å². The van der Waals surface area contributed by atoms with Crippen LogP contribution in [0.2, 0.25) is 0 Å². The first-order valence-electron chi connectivity index (χ1n) is 7.13. The smallest absolute Gasteiger partial charge is 0.262 e. The summed E-state index contributed by atoms with van der Waals surface area (Å²) in [5.74, 6) is -1.18. The Morgan fingerprint density at radius 3 is 2.17 bits per heavy atom. The lowest BCUT2D eigenvalue weighted by Gasteiger charge is -2.44. The summed E-state index contributed by atoms with van der Waals surface area (Å²) in [4.78, 5) is 25.9. The third-order valence-corrected chi connectivity index (χ3v) is 4.20. The van der Waals surface area contributed by atoms with Crippen LogP contribution in [0.5, 0.6) is 0 Å². The average molecular weight is 323 g/mol. The summed E-state index contributed by atoms with van der Waals surface area (Å²) in [5.41, 5.74) is 0.441. The van der Waals surface area contributed by atoms with Gasteiger partial charge in [-0.1, -0.05) is 12.1 Å². The summed E-state index contributed by atoms with van der Waals surface area (Å²) in [6, 6.07) is 5.07. The van der Waals surface area contributed by atoms with Crippen LogP contribution in [0.3, 0.4) is 0 Å². The van der Waals surface area contributed by atoms with E-state index in [9.17, 15) is 24.9 Å². The highest BCUT2D eigenvalue weighted by Gasteiger charge is 2.52. The van der Waals surface area contributed by atoms with Crippen LogP contribution in [0.15, 0.2) is 24.3 Å². The molecule has 5 atom stereocenters. The van der Waals surface area contributed by atoms with E-state index in [0.29, 0.717) is 0 Å². The second kappa shape index (κ2) is 5.99. The molecule has 2 aliphatic heterocycles. The summed E-state index contributed by atoms with van der Waals surface area (Å²) < 4.78 is 10.5. The SMILES string of the molecule is CO[C@H]1O[C@@H](CO)[C@@H](O)[C@@H](O)[C@H]1N1C(=O)c2ccccc2C1=O. The molecule has 124 valence electrons. The predicted molar refractivity (Wildman–Crippen MR) is 75.5 cm³/mol. The highest BCUT2D eigenvalue weighted by molar-refractivity contribution is 6.21. The van der Waals surface area contributed by atoms with Gasteiger partial charge in [0.15, 0.2) is 6.29 Å². The normalized spacial score (nSPS) is 33.9. The molecule has 0 aromatic heterocycles. The van der Waals surface area contributed by atoms with Gasteiger partial charge in [-0.25, -0.2) is 0 Å². The average Bonchev–Trinajstić information content (AvgIpc) is 2.82. The Bertz CT molecular complexity index is 597. The standard InChI is InChI=1S/C15H17NO7/c1-22-15-10(12(19)11(18)9(6-17)23-15)16-13(20)7-4-2-3-5-8(7)14(16)21/h2-5,9-12,15,17-19H,6H2,1H3/t9-,10+,11+,12-,15-/m0/s1. The van der Waals surface area contributed by atoms with Crippen LogP contribution in [0.4, 0.5) is 0 Å². The number of carbonyl (C=O) groups excluding carboxylic acids is 2. The quantitative estimate of drug-likeness (QED) is 0.594. The van der Waals surface area contributed by atoms with Crippen LogP contribution < -0.4 is 0 Å². The molecular formula is C15H17NO7. The van der Waals surface area contributed by atoms with Crippen LogP contribution >= 0.6 is 0 Å². The molecule has 2 amide bonds. The molecule has 0 spiro atoms. The van der Waals surface area contributed by atoms with Gasteiger partial charge in [-0.15, -0.1) is 0 Å². The summed E-state index contributed by atoms with van der Waals surface area (Å²) in [6.45, 7) is -0.535. The molecule has 23 heavy (non-hydrogen) atoms. The van der Waals surface area contributed by atoms with Crippen molar-refractivity contribution in [1.82, 2.24) is 4.90 Å². The molecule has 8 nitrogen and oxygen atoms in total. The van der Waals surface area contributed by atoms with Crippen molar-refractivity contribution >= 4 is 11.8 Å². The number of carbonyl (C=O) groups is 2. The van der Waals surface area contributed by atoms with Crippen LogP contribution in [0.25, 0.3) is 0 Å². The van der Waals surface area contributed by atoms with E-state index in [1.54, 1.807) is 12.1 Å². The lowest BCUT2D eigenvalue weighted by molar-refractivity contribution is -0.272. The zero-order valence-corrected chi connectivity index (χ0v) is 12.3. The lowest BCUT2D eigenvalue weighted by atomic mass is 9.95. The number of nitrogens with zero attached hydrogens (tertiary/aromatic N) is 1. The Hall–Kier alpha value is -1.84. The fraction of sp³-hybridized carbons (Fsp3) is 0.467. The minimum absolute atomic E-state index is 0.221. The molecule has 0 aliphatic carbocycles. The van der Waals surface area contributed by atoms with Crippen molar-refractivity contribution in [3.8, 4) is 0 Å². The number of benzene rings is 1. The number of rotatable bonds is 3. The van der Waals surface area contributed by atoms with Crippen molar-refractivity contribution in [2.75, 3.05) is 13.7 Å². The molecule has 0 unspecified atom stereocenters. The third-order valence-electron chi connectivity index (χ3n) is 4.20. The van der Waals surface area contributed by atoms with Gasteiger partial charge in [0.05, 0.1) is 17.7 Å². The van der Waals surface area contributed by atoms with E-state index < -0.39 is 49.1 Å². The molecule has 0 saturated carbocycles. The topological polar surface area (TPSA) is 117 Å². The van der Waals surface area contributed by atoms with Gasteiger partial charge < -0.3 is 24.8 Å². The molecule has 0 bridgehead atoms. The fourth-order valence-corrected chi connectivity index (χ4v) is 3.02. The third kappa shape index (κ3) is 2.35. The lowest BCUT2D eigenvalue weighted by Crippen LogP contribution is -2.65. The molecule has 8 heteroatoms. The second-order valence-electron chi connectivity index (χ2n) is 5.46. The number of aliphatic hydroxyl groups is 3. The van der Waals surface area contributed by atoms with Crippen molar-refractivity contribution in [3.63, 3.8) is 0 Å². The number of hydrogen-bond donors (Lipinski definition) is 3. The van der Waals surface area contributed by atoms with Gasteiger partial charge in [0.1, 0.15) is 24.4 Å². The van der Waals surface area contributed by atoms with E-state index in [4.69, 9.17) is 9.47 Å². The second-order valence-corrected chi connectivity index (χ2v) is 5.46. The monoisotopic (exact) mass is 323 g/mol. The number of methoxy groups -OCH3 is 1. The molecule has 3 N–H and O–H groups in total. The Labute approximate surface area is 131 Å². The van der Waals surface area contributed by atoms with E-state index in [2.05, 4.69) is 0 Å². The van der Waals surface area contributed by atoms with Gasteiger partial charge in [0.2, 0.25) is 0 Å². The minimum atomic E-state index is -1.51. The van der Waals surface area contributed by atoms with Crippen LogP contribution in [-0.2, 0) is 9.47 Å². The van der Waals surface area contributed by atoms with E-state index in [1.807, 2.05) is 0 Å². The van der Waals surface area contributed by atoms with Crippen molar-refractivity contribution < 1.29 is 34.4 Å². The first-order chi connectivity index (χ1) is 11.0. The maximum absolute atomic E-state index is 12.5. The van der Waals surface area contributed by atoms with Gasteiger partial charge in [-0.05, 0) is 12.1 Å². The fourth-order valence-electron chi connectivity index (χ4n) is 3.02. The summed E-state index contributed by atoms with van der Waals surface area (Å²) in [6.07, 6.45) is -5.19. The Morgan fingerprint density at radius 1 is 1.13 bits per heavy atom. The number of ether oxygens (including phenoxy) is 2. The molecule has 1 fully saturated rings. The number of aliphatic hydroxyl groups excluding tert-OH is 3. The number of hydrogen-bond acceptors (Lipinski definition) is 7. The Kier molecular flexibility index (Phi) is 4.17. The maximum atomic E-state index is 12.5. The molecule has 3 rings (SSSR count). The Balaban J connectivity index is 1.97. The zero-order valence-electron chi connectivity index (χ0n) is 12.3. The largest absolute Gasteiger partial charge is 0.394 e. The predicted octanol–water partition coefficient (Wildman–Crippen LogP) is -1.26. The molecule has 0 radical (unpaired) electrons. The van der Waals surface area contributed by atoms with Crippen LogP contribution in [0.1, 0.15) is 20.7 Å². The maximum Gasteiger partial charge on any atom is 0.262 e. The number of amides is 2. The van der Waals surface area contributed by atoms with E-state index in [1.165, 1.54) is 19.2 Å². The summed E-state index contributed by atoms with van der Waals surface area (Å²) in [5, 5.41) is 29.6. The first-order valence-corrected chi connectivity index (χ1v) is 7.13. The van der Waals surface area contributed by atoms with Gasteiger partial charge in [-0.3, -0.25) is 14.5 Å². The first kappa shape index (κ1) is 16.0. The minimum Gasteiger partial charge on any atom is -0.394 e. The van der Waals surface area contributed by atoms with E-state index in [0.717, 1.165) is 4.90 Å². The molecular weight excluding hydrogens is 306 g/mol. The molecule has 1 aromatic carbocycles. The molecule has 1 aromatic rings. The van der Waals surface area contributed by atoms with Crippen molar-refractivity contribution in [1.29, 1.82) is 0 Å². The Morgan fingerprint density at radius 2 is 1.70 bits per heavy atom. The number of imide groups is 1. The molecule has 1 saturated heterocycles. The molecule has 2 heterocycles. The molecule has 2 aliphatic rings. The summed E-state index contributed by atoms with van der Waals surface area (Å²) >= 11 is 0. The van der Waals surface area contributed by atoms with Gasteiger partial charge in [0.25, 0.3) is 11.8 Å². The van der Waals surface area contributed by atoms with Crippen LogP contribution in [0, 0.1) is 0 Å². The van der Waals surface area contributed by atoms with E-state index in [-0.39, 0.29) is 11.1 Å².